The van der Waals surface area contributed by atoms with E-state index in [-0.39, 0.29) is 5.56 Å². The first-order chi connectivity index (χ1) is 7.06. The molecule has 0 spiro atoms. The summed E-state index contributed by atoms with van der Waals surface area (Å²) in [5, 5.41) is 28.5. The van der Waals surface area contributed by atoms with Crippen molar-refractivity contribution in [2.75, 3.05) is 7.11 Å². The summed E-state index contributed by atoms with van der Waals surface area (Å²) in [5.74, 6) is -3.36. The summed E-state index contributed by atoms with van der Waals surface area (Å²) in [6.45, 7) is 0. The summed E-state index contributed by atoms with van der Waals surface area (Å²) >= 11 is 0. The van der Waals surface area contributed by atoms with E-state index in [0.29, 0.717) is 5.75 Å². The molecule has 1 radical (unpaired) electrons. The van der Waals surface area contributed by atoms with Gasteiger partial charge in [0.1, 0.15) is 5.75 Å². The fourth-order valence-electron chi connectivity index (χ4n) is 1.00. The van der Waals surface area contributed by atoms with Gasteiger partial charge >= 0.3 is 5.97 Å². The average molecular weight is 209 g/mol. The van der Waals surface area contributed by atoms with E-state index in [1.165, 1.54) is 19.2 Å². The third-order valence-electron chi connectivity index (χ3n) is 1.76. The van der Waals surface area contributed by atoms with Crippen LogP contribution in [-0.4, -0.2) is 23.3 Å². The van der Waals surface area contributed by atoms with Gasteiger partial charge in [0.2, 0.25) is 5.76 Å². The van der Waals surface area contributed by atoms with E-state index in [9.17, 15) is 15.0 Å². The maximum atomic E-state index is 10.3. The molecule has 79 valence electrons. The SMILES string of the molecule is COc1cccc(C(O)=C(O)C([O])=O)c1. The third kappa shape index (κ3) is 2.40. The molecule has 5 nitrogen and oxygen atoms in total. The Morgan fingerprint density at radius 2 is 2.00 bits per heavy atom. The molecule has 0 atom stereocenters. The molecule has 1 rings (SSSR count). The number of ether oxygens (including phenoxy) is 1. The van der Waals surface area contributed by atoms with E-state index < -0.39 is 17.5 Å². The third-order valence-corrected chi connectivity index (χ3v) is 1.76. The second kappa shape index (κ2) is 4.36. The predicted molar refractivity (Wildman–Crippen MR) is 50.9 cm³/mol. The van der Waals surface area contributed by atoms with Gasteiger partial charge < -0.3 is 14.9 Å². The van der Waals surface area contributed by atoms with Crippen LogP contribution in [0.1, 0.15) is 5.56 Å². The minimum Gasteiger partial charge on any atom is -0.504 e. The van der Waals surface area contributed by atoms with E-state index in [4.69, 9.17) is 9.84 Å². The van der Waals surface area contributed by atoms with E-state index in [0.717, 1.165) is 0 Å². The van der Waals surface area contributed by atoms with Gasteiger partial charge in [0.05, 0.1) is 7.11 Å². The van der Waals surface area contributed by atoms with Crippen LogP contribution in [0.3, 0.4) is 0 Å². The number of aliphatic hydroxyl groups excluding tert-OH is 2. The normalized spacial score (nSPS) is 11.8. The molecular formula is C10H9O5. The lowest BCUT2D eigenvalue weighted by Crippen LogP contribution is -2.01. The van der Waals surface area contributed by atoms with Gasteiger partial charge in [-0.3, -0.25) is 0 Å². The number of carbonyl (C=O) groups excluding carboxylic acids is 1. The Kier molecular flexibility index (Phi) is 3.17. The van der Waals surface area contributed by atoms with Crippen LogP contribution in [0.25, 0.3) is 5.76 Å². The highest BCUT2D eigenvalue weighted by atomic mass is 16.5. The topological polar surface area (TPSA) is 86.7 Å². The van der Waals surface area contributed by atoms with Gasteiger partial charge in [-0.05, 0) is 12.1 Å². The van der Waals surface area contributed by atoms with Crippen LogP contribution in [0.2, 0.25) is 0 Å². The van der Waals surface area contributed by atoms with Gasteiger partial charge in [0, 0.05) is 5.56 Å². The number of hydrogen-bond donors (Lipinski definition) is 2. The minimum absolute atomic E-state index is 0.135. The Labute approximate surface area is 85.9 Å². The zero-order valence-corrected chi connectivity index (χ0v) is 7.93. The monoisotopic (exact) mass is 209 g/mol. The van der Waals surface area contributed by atoms with Crippen LogP contribution in [0, 0.1) is 0 Å². The largest absolute Gasteiger partial charge is 0.504 e. The molecular weight excluding hydrogens is 200 g/mol. The van der Waals surface area contributed by atoms with Crippen molar-refractivity contribution in [2.24, 2.45) is 0 Å². The molecule has 0 heterocycles. The first kappa shape index (κ1) is 10.9. The minimum atomic E-state index is -1.84. The van der Waals surface area contributed by atoms with E-state index in [1.807, 2.05) is 0 Å². The lowest BCUT2D eigenvalue weighted by molar-refractivity contribution is -0.141. The van der Waals surface area contributed by atoms with Gasteiger partial charge in [-0.15, -0.1) is 0 Å². The second-order valence-electron chi connectivity index (χ2n) is 2.72. The molecule has 0 amide bonds. The van der Waals surface area contributed by atoms with Crippen LogP contribution in [0.15, 0.2) is 30.0 Å². The van der Waals surface area contributed by atoms with E-state index in [2.05, 4.69) is 0 Å². The maximum Gasteiger partial charge on any atom is 0.424 e. The smallest absolute Gasteiger partial charge is 0.424 e. The number of carbonyl (C=O) groups is 1. The molecule has 2 N–H and O–H groups in total. The molecule has 0 bridgehead atoms. The van der Waals surface area contributed by atoms with Crippen molar-refractivity contribution in [1.29, 1.82) is 0 Å². The predicted octanol–water partition coefficient (Wildman–Crippen LogP) is 1.44. The summed E-state index contributed by atoms with van der Waals surface area (Å²) in [7, 11) is 1.43. The average Bonchev–Trinajstić information content (AvgIpc) is 2.27. The van der Waals surface area contributed by atoms with Crippen molar-refractivity contribution in [3.63, 3.8) is 0 Å². The van der Waals surface area contributed by atoms with Crippen molar-refractivity contribution in [3.05, 3.63) is 35.6 Å². The first-order valence-electron chi connectivity index (χ1n) is 4.04. The Bertz CT molecular complexity index is 408. The van der Waals surface area contributed by atoms with Crippen LogP contribution < -0.4 is 4.74 Å². The molecule has 0 aromatic heterocycles. The zero-order valence-electron chi connectivity index (χ0n) is 7.93. The molecule has 5 heteroatoms. The molecule has 0 aliphatic rings. The molecule has 0 unspecified atom stereocenters. The molecule has 0 saturated heterocycles. The second-order valence-corrected chi connectivity index (χ2v) is 2.72. The highest BCUT2D eigenvalue weighted by molar-refractivity contribution is 5.91. The van der Waals surface area contributed by atoms with Crippen LogP contribution in [-0.2, 0) is 9.90 Å². The molecule has 0 aliphatic carbocycles. The lowest BCUT2D eigenvalue weighted by atomic mass is 10.1. The summed E-state index contributed by atoms with van der Waals surface area (Å²) in [4.78, 5) is 10.3. The quantitative estimate of drug-likeness (QED) is 0.582. The van der Waals surface area contributed by atoms with Crippen molar-refractivity contribution in [1.82, 2.24) is 0 Å². The molecule has 0 aliphatic heterocycles. The summed E-state index contributed by atoms with van der Waals surface area (Å²) in [5.41, 5.74) is 0.135. The highest BCUT2D eigenvalue weighted by Crippen LogP contribution is 2.20. The van der Waals surface area contributed by atoms with Crippen LogP contribution in [0.5, 0.6) is 5.75 Å². The Hall–Kier alpha value is -2.17. The standard InChI is InChI=1S/C10H9O5/c1-15-7-4-2-3-6(5-7)8(11)9(12)10(13)14/h2-5,11-12H,1H3. The fourth-order valence-corrected chi connectivity index (χ4v) is 1.00. The Balaban J connectivity index is 3.16. The van der Waals surface area contributed by atoms with Crippen molar-refractivity contribution < 1.29 is 24.9 Å². The van der Waals surface area contributed by atoms with Crippen molar-refractivity contribution in [2.45, 2.75) is 0 Å². The highest BCUT2D eigenvalue weighted by Gasteiger charge is 2.15. The van der Waals surface area contributed by atoms with Crippen molar-refractivity contribution >= 4 is 11.7 Å². The number of methoxy groups -OCH3 is 1. The molecule has 1 aromatic rings. The fraction of sp³-hybridized carbons (Fsp3) is 0.100. The van der Waals surface area contributed by atoms with E-state index >= 15 is 0 Å². The van der Waals surface area contributed by atoms with Gasteiger partial charge in [-0.25, -0.2) is 9.90 Å². The van der Waals surface area contributed by atoms with E-state index in [1.54, 1.807) is 12.1 Å². The maximum absolute atomic E-state index is 10.3. The summed E-state index contributed by atoms with van der Waals surface area (Å²) < 4.78 is 4.87. The molecule has 0 saturated carbocycles. The van der Waals surface area contributed by atoms with Gasteiger partial charge in [-0.2, -0.15) is 0 Å². The molecule has 1 aromatic carbocycles. The Morgan fingerprint density at radius 3 is 2.53 bits per heavy atom. The van der Waals surface area contributed by atoms with Crippen LogP contribution in [0.4, 0.5) is 0 Å². The van der Waals surface area contributed by atoms with Crippen molar-refractivity contribution in [3.8, 4) is 5.75 Å². The Morgan fingerprint density at radius 1 is 1.33 bits per heavy atom. The zero-order chi connectivity index (χ0) is 11.4. The lowest BCUT2D eigenvalue weighted by Gasteiger charge is -2.03. The molecule has 15 heavy (non-hydrogen) atoms. The summed E-state index contributed by atoms with van der Waals surface area (Å²) in [6.07, 6.45) is 0. The van der Waals surface area contributed by atoms with Gasteiger partial charge in [0.15, 0.2) is 5.76 Å². The number of rotatable bonds is 3. The molecule has 0 fully saturated rings. The van der Waals surface area contributed by atoms with Gasteiger partial charge in [0.25, 0.3) is 0 Å². The van der Waals surface area contributed by atoms with Crippen LogP contribution >= 0.6 is 0 Å². The van der Waals surface area contributed by atoms with Gasteiger partial charge in [-0.1, -0.05) is 12.1 Å². The number of hydrogen-bond acceptors (Lipinski definition) is 4. The summed E-state index contributed by atoms with van der Waals surface area (Å²) in [6, 6.07) is 5.98. The first-order valence-corrected chi connectivity index (χ1v) is 4.04. The number of benzene rings is 1. The number of aliphatic hydroxyl groups is 2.